The van der Waals surface area contributed by atoms with E-state index in [1.807, 2.05) is 0 Å². The van der Waals surface area contributed by atoms with Gasteiger partial charge >= 0.3 is 0 Å². The largest absolute Gasteiger partial charge is 0.486 e. The summed E-state index contributed by atoms with van der Waals surface area (Å²) in [5.74, 6) is 1.14. The fourth-order valence-corrected chi connectivity index (χ4v) is 5.00. The van der Waals surface area contributed by atoms with Gasteiger partial charge in [-0.3, -0.25) is 4.90 Å². The van der Waals surface area contributed by atoms with Gasteiger partial charge in [0.05, 0.1) is 4.90 Å². The summed E-state index contributed by atoms with van der Waals surface area (Å²) in [4.78, 5) is 2.69. The molecule has 120 valence electrons. The van der Waals surface area contributed by atoms with E-state index in [2.05, 4.69) is 4.90 Å². The number of ether oxygens (including phenoxy) is 2. The predicted octanol–water partition coefficient (Wildman–Crippen LogP) is 0.926. The Morgan fingerprint density at radius 1 is 1.05 bits per heavy atom. The normalized spacial score (nSPS) is 25.9. The summed E-state index contributed by atoms with van der Waals surface area (Å²) < 4.78 is 38.3. The van der Waals surface area contributed by atoms with Crippen LogP contribution in [-0.2, 0) is 10.0 Å². The molecule has 3 aliphatic heterocycles. The fourth-order valence-electron chi connectivity index (χ4n) is 3.51. The second kappa shape index (κ2) is 5.40. The monoisotopic (exact) mass is 324 g/mol. The minimum absolute atomic E-state index is 0.295. The van der Waals surface area contributed by atoms with Gasteiger partial charge in [-0.15, -0.1) is 0 Å². The zero-order valence-corrected chi connectivity index (χ0v) is 13.2. The smallest absolute Gasteiger partial charge is 0.243 e. The Morgan fingerprint density at radius 2 is 1.86 bits per heavy atom. The molecule has 2 fully saturated rings. The van der Waals surface area contributed by atoms with Crippen molar-refractivity contribution in [3.63, 3.8) is 0 Å². The Bertz CT molecular complexity index is 676. The highest BCUT2D eigenvalue weighted by Gasteiger charge is 2.36. The van der Waals surface area contributed by atoms with Crippen molar-refractivity contribution in [2.24, 2.45) is 0 Å². The van der Waals surface area contributed by atoms with Gasteiger partial charge in [-0.25, -0.2) is 8.42 Å². The maximum Gasteiger partial charge on any atom is 0.243 e. The van der Waals surface area contributed by atoms with Gasteiger partial charge in [0.15, 0.2) is 11.5 Å². The van der Waals surface area contributed by atoms with Crippen LogP contribution in [0.3, 0.4) is 0 Å². The Labute approximate surface area is 130 Å². The third-order valence-corrected chi connectivity index (χ3v) is 6.56. The van der Waals surface area contributed by atoms with Gasteiger partial charge < -0.3 is 9.47 Å². The maximum absolute atomic E-state index is 12.9. The summed E-state index contributed by atoms with van der Waals surface area (Å²) in [5.41, 5.74) is 0. The number of hydrogen-bond donors (Lipinski definition) is 0. The van der Waals surface area contributed by atoms with Gasteiger partial charge in [0.1, 0.15) is 13.2 Å². The van der Waals surface area contributed by atoms with Crippen LogP contribution in [0.4, 0.5) is 0 Å². The van der Waals surface area contributed by atoms with Crippen LogP contribution in [-0.4, -0.2) is 63.1 Å². The molecule has 2 saturated heterocycles. The number of sulfonamides is 1. The van der Waals surface area contributed by atoms with Gasteiger partial charge in [0.25, 0.3) is 0 Å². The van der Waals surface area contributed by atoms with Crippen LogP contribution in [0.25, 0.3) is 0 Å². The highest BCUT2D eigenvalue weighted by Crippen LogP contribution is 2.34. The lowest BCUT2D eigenvalue weighted by atomic mass is 10.2. The van der Waals surface area contributed by atoms with Crippen molar-refractivity contribution in [3.8, 4) is 11.5 Å². The Morgan fingerprint density at radius 3 is 2.73 bits per heavy atom. The molecule has 7 heteroatoms. The topological polar surface area (TPSA) is 59.1 Å². The van der Waals surface area contributed by atoms with E-state index in [1.165, 1.54) is 6.42 Å². The molecule has 1 aromatic carbocycles. The first-order valence-corrected chi connectivity index (χ1v) is 9.22. The molecule has 0 aromatic heterocycles. The average Bonchev–Trinajstić information content (AvgIpc) is 3.02. The molecule has 3 aliphatic rings. The molecule has 4 rings (SSSR count). The molecule has 0 aliphatic carbocycles. The zero-order chi connectivity index (χ0) is 15.2. The van der Waals surface area contributed by atoms with Gasteiger partial charge in [-0.2, -0.15) is 4.31 Å². The first kappa shape index (κ1) is 14.3. The molecule has 0 radical (unpaired) electrons. The van der Waals surface area contributed by atoms with Crippen molar-refractivity contribution in [3.05, 3.63) is 18.2 Å². The van der Waals surface area contributed by atoms with E-state index in [0.29, 0.717) is 48.7 Å². The van der Waals surface area contributed by atoms with Crippen molar-refractivity contribution >= 4 is 10.0 Å². The molecule has 0 N–H and O–H groups in total. The lowest BCUT2D eigenvalue weighted by Gasteiger charge is -2.36. The molecular formula is C15H20N2O4S. The van der Waals surface area contributed by atoms with Crippen LogP contribution in [0, 0.1) is 0 Å². The first-order chi connectivity index (χ1) is 10.6. The molecule has 0 bridgehead atoms. The summed E-state index contributed by atoms with van der Waals surface area (Å²) in [7, 11) is -3.46. The summed E-state index contributed by atoms with van der Waals surface area (Å²) in [6.45, 7) is 4.04. The van der Waals surface area contributed by atoms with Crippen LogP contribution in [0.2, 0.25) is 0 Å². The lowest BCUT2D eigenvalue weighted by molar-refractivity contribution is 0.158. The van der Waals surface area contributed by atoms with Gasteiger partial charge in [-0.05, 0) is 31.5 Å². The van der Waals surface area contributed by atoms with Crippen LogP contribution in [0.1, 0.15) is 12.8 Å². The number of nitrogens with zero attached hydrogens (tertiary/aromatic N) is 2. The second-order valence-electron chi connectivity index (χ2n) is 6.00. The molecule has 0 amide bonds. The highest BCUT2D eigenvalue weighted by atomic mass is 32.2. The molecule has 6 nitrogen and oxygen atoms in total. The SMILES string of the molecule is O=S(=O)(c1ccc2c(c1)OCCO2)N1CCN2CCC[C@@H]2C1. The van der Waals surface area contributed by atoms with Crippen LogP contribution < -0.4 is 9.47 Å². The third kappa shape index (κ3) is 2.37. The Balaban J connectivity index is 1.60. The van der Waals surface area contributed by atoms with E-state index in [-0.39, 0.29) is 0 Å². The van der Waals surface area contributed by atoms with E-state index in [0.717, 1.165) is 19.5 Å². The lowest BCUT2D eigenvalue weighted by Crippen LogP contribution is -2.51. The standard InChI is InChI=1S/C15H20N2O4S/c18-22(19,17-7-6-16-5-1-2-12(16)11-17)13-3-4-14-15(10-13)21-9-8-20-14/h3-4,10,12H,1-2,5-9,11H2/t12-/m1/s1. The number of fused-ring (bicyclic) bond motifs is 2. The van der Waals surface area contributed by atoms with E-state index < -0.39 is 10.0 Å². The molecule has 22 heavy (non-hydrogen) atoms. The molecule has 0 saturated carbocycles. The molecule has 1 aromatic rings. The van der Waals surface area contributed by atoms with Crippen molar-refractivity contribution in [1.29, 1.82) is 0 Å². The zero-order valence-electron chi connectivity index (χ0n) is 12.4. The van der Waals surface area contributed by atoms with Gasteiger partial charge in [0.2, 0.25) is 10.0 Å². The van der Waals surface area contributed by atoms with Crippen LogP contribution in [0.5, 0.6) is 11.5 Å². The van der Waals surface area contributed by atoms with Gasteiger partial charge in [-0.1, -0.05) is 0 Å². The Kier molecular flexibility index (Phi) is 3.51. The highest BCUT2D eigenvalue weighted by molar-refractivity contribution is 7.89. The van der Waals surface area contributed by atoms with Crippen LogP contribution >= 0.6 is 0 Å². The quantitative estimate of drug-likeness (QED) is 0.810. The average molecular weight is 324 g/mol. The summed E-state index contributed by atoms with van der Waals surface area (Å²) in [6.07, 6.45) is 2.26. The Hall–Kier alpha value is -1.31. The second-order valence-corrected chi connectivity index (χ2v) is 7.94. The number of piperazine rings is 1. The van der Waals surface area contributed by atoms with E-state index in [1.54, 1.807) is 22.5 Å². The minimum Gasteiger partial charge on any atom is -0.486 e. The number of hydrogen-bond acceptors (Lipinski definition) is 5. The van der Waals surface area contributed by atoms with Crippen molar-refractivity contribution in [2.45, 2.75) is 23.8 Å². The maximum atomic E-state index is 12.9. The predicted molar refractivity (Wildman–Crippen MR) is 80.8 cm³/mol. The molecule has 0 unspecified atom stereocenters. The third-order valence-electron chi connectivity index (χ3n) is 4.70. The van der Waals surface area contributed by atoms with E-state index >= 15 is 0 Å². The van der Waals surface area contributed by atoms with Crippen molar-refractivity contribution < 1.29 is 17.9 Å². The summed E-state index contributed by atoms with van der Waals surface area (Å²) >= 11 is 0. The minimum atomic E-state index is -3.46. The van der Waals surface area contributed by atoms with Crippen molar-refractivity contribution in [1.82, 2.24) is 9.21 Å². The fraction of sp³-hybridized carbons (Fsp3) is 0.600. The van der Waals surface area contributed by atoms with Crippen LogP contribution in [0.15, 0.2) is 23.1 Å². The molecule has 1 atom stereocenters. The van der Waals surface area contributed by atoms with E-state index in [9.17, 15) is 8.42 Å². The summed E-state index contributed by atoms with van der Waals surface area (Å²) in [5, 5.41) is 0. The van der Waals surface area contributed by atoms with Crippen molar-refractivity contribution in [2.75, 3.05) is 39.4 Å². The number of benzene rings is 1. The summed E-state index contributed by atoms with van der Waals surface area (Å²) in [6, 6.07) is 5.27. The number of rotatable bonds is 2. The first-order valence-electron chi connectivity index (χ1n) is 7.78. The molecule has 0 spiro atoms. The van der Waals surface area contributed by atoms with Gasteiger partial charge in [0, 0.05) is 31.7 Å². The molecular weight excluding hydrogens is 304 g/mol. The molecule has 3 heterocycles. The van der Waals surface area contributed by atoms with E-state index in [4.69, 9.17) is 9.47 Å².